The second-order valence-corrected chi connectivity index (χ2v) is 4.21. The van der Waals surface area contributed by atoms with Crippen molar-refractivity contribution in [2.75, 3.05) is 13.7 Å². The SMILES string of the molecule is CC(C)c1ccccc1OC/C=N/N(C)C(=N)N. The zero-order valence-electron chi connectivity index (χ0n) is 11.1. The molecule has 0 aliphatic carbocycles. The number of nitrogens with zero attached hydrogens (tertiary/aromatic N) is 2. The van der Waals surface area contributed by atoms with E-state index in [2.05, 4.69) is 25.0 Å². The van der Waals surface area contributed by atoms with Gasteiger partial charge >= 0.3 is 0 Å². The summed E-state index contributed by atoms with van der Waals surface area (Å²) < 4.78 is 5.64. The predicted molar refractivity (Wildman–Crippen MR) is 74.2 cm³/mol. The van der Waals surface area contributed by atoms with Gasteiger partial charge in [0.25, 0.3) is 0 Å². The van der Waals surface area contributed by atoms with Crippen molar-refractivity contribution in [1.29, 1.82) is 5.41 Å². The van der Waals surface area contributed by atoms with E-state index >= 15 is 0 Å². The molecule has 0 aliphatic heterocycles. The second-order valence-electron chi connectivity index (χ2n) is 4.21. The number of para-hydroxylation sites is 1. The Labute approximate surface area is 108 Å². The lowest BCUT2D eigenvalue weighted by molar-refractivity contribution is 0.371. The van der Waals surface area contributed by atoms with Crippen LogP contribution >= 0.6 is 0 Å². The summed E-state index contributed by atoms with van der Waals surface area (Å²) in [5.74, 6) is 1.18. The minimum Gasteiger partial charge on any atom is -0.488 e. The summed E-state index contributed by atoms with van der Waals surface area (Å²) in [5, 5.41) is 12.4. The van der Waals surface area contributed by atoms with E-state index in [1.165, 1.54) is 10.6 Å². The Morgan fingerprint density at radius 1 is 1.50 bits per heavy atom. The summed E-state index contributed by atoms with van der Waals surface area (Å²) in [6, 6.07) is 7.94. The molecule has 0 unspecified atom stereocenters. The summed E-state index contributed by atoms with van der Waals surface area (Å²) in [6.45, 7) is 4.60. The first kappa shape index (κ1) is 14.0. The molecule has 0 fully saturated rings. The van der Waals surface area contributed by atoms with Crippen LogP contribution in [0.1, 0.15) is 25.3 Å². The Morgan fingerprint density at radius 2 is 2.17 bits per heavy atom. The second kappa shape index (κ2) is 6.64. The van der Waals surface area contributed by atoms with Crippen LogP contribution in [0.15, 0.2) is 29.4 Å². The van der Waals surface area contributed by atoms with Gasteiger partial charge in [-0.1, -0.05) is 32.0 Å². The summed E-state index contributed by atoms with van der Waals surface area (Å²) in [7, 11) is 1.61. The fourth-order valence-electron chi connectivity index (χ4n) is 1.43. The van der Waals surface area contributed by atoms with E-state index in [4.69, 9.17) is 15.9 Å². The molecule has 1 rings (SSSR count). The van der Waals surface area contributed by atoms with Crippen molar-refractivity contribution in [3.63, 3.8) is 0 Å². The third kappa shape index (κ3) is 4.08. The fourth-order valence-corrected chi connectivity index (χ4v) is 1.43. The molecule has 1 aromatic carbocycles. The van der Waals surface area contributed by atoms with Crippen molar-refractivity contribution in [3.05, 3.63) is 29.8 Å². The Hall–Kier alpha value is -2.04. The third-order valence-electron chi connectivity index (χ3n) is 2.46. The molecule has 0 heterocycles. The van der Waals surface area contributed by atoms with E-state index in [1.807, 2.05) is 18.2 Å². The molecule has 0 aromatic heterocycles. The molecule has 98 valence electrons. The van der Waals surface area contributed by atoms with Crippen LogP contribution in [0, 0.1) is 5.41 Å². The van der Waals surface area contributed by atoms with Gasteiger partial charge in [-0.15, -0.1) is 0 Å². The van der Waals surface area contributed by atoms with E-state index in [0.717, 1.165) is 5.75 Å². The van der Waals surface area contributed by atoms with Crippen LogP contribution in [-0.4, -0.2) is 30.8 Å². The van der Waals surface area contributed by atoms with Crippen LogP contribution in [0.4, 0.5) is 0 Å². The Kier molecular flexibility index (Phi) is 5.17. The van der Waals surface area contributed by atoms with Gasteiger partial charge in [-0.2, -0.15) is 5.10 Å². The molecular formula is C13H20N4O. The molecule has 5 heteroatoms. The van der Waals surface area contributed by atoms with Gasteiger partial charge in [0.1, 0.15) is 12.4 Å². The van der Waals surface area contributed by atoms with Gasteiger partial charge in [0.2, 0.25) is 5.96 Å². The molecule has 5 nitrogen and oxygen atoms in total. The van der Waals surface area contributed by atoms with Gasteiger partial charge in [-0.05, 0) is 17.5 Å². The van der Waals surface area contributed by atoms with Gasteiger partial charge in [0, 0.05) is 7.05 Å². The zero-order chi connectivity index (χ0) is 13.5. The molecule has 0 saturated carbocycles. The van der Waals surface area contributed by atoms with E-state index in [0.29, 0.717) is 12.5 Å². The fraction of sp³-hybridized carbons (Fsp3) is 0.385. The van der Waals surface area contributed by atoms with Crippen LogP contribution in [0.25, 0.3) is 0 Å². The maximum atomic E-state index is 7.14. The number of hydrazone groups is 1. The largest absolute Gasteiger partial charge is 0.488 e. The molecule has 1 aromatic rings. The minimum absolute atomic E-state index is 0.103. The average molecular weight is 248 g/mol. The van der Waals surface area contributed by atoms with Gasteiger partial charge in [0.15, 0.2) is 0 Å². The number of nitrogens with one attached hydrogen (secondary N) is 1. The van der Waals surface area contributed by atoms with Gasteiger partial charge in [-0.25, -0.2) is 5.01 Å². The van der Waals surface area contributed by atoms with Crippen molar-refractivity contribution < 1.29 is 4.74 Å². The van der Waals surface area contributed by atoms with Crippen molar-refractivity contribution >= 4 is 12.2 Å². The number of benzene rings is 1. The molecule has 0 bridgehead atoms. The lowest BCUT2D eigenvalue weighted by atomic mass is 10.0. The summed E-state index contributed by atoms with van der Waals surface area (Å²) in [6.07, 6.45) is 1.58. The molecule has 0 amide bonds. The van der Waals surface area contributed by atoms with Crippen molar-refractivity contribution in [2.45, 2.75) is 19.8 Å². The first-order valence-corrected chi connectivity index (χ1v) is 5.84. The topological polar surface area (TPSA) is 74.7 Å². The Morgan fingerprint density at radius 3 is 2.78 bits per heavy atom. The monoisotopic (exact) mass is 248 g/mol. The summed E-state index contributed by atoms with van der Waals surface area (Å²) in [5.41, 5.74) is 6.42. The van der Waals surface area contributed by atoms with Crippen LogP contribution in [-0.2, 0) is 0 Å². The van der Waals surface area contributed by atoms with E-state index < -0.39 is 0 Å². The number of hydrogen-bond acceptors (Lipinski definition) is 3. The molecule has 0 atom stereocenters. The number of nitrogens with two attached hydrogens (primary N) is 1. The van der Waals surface area contributed by atoms with Crippen LogP contribution in [0.5, 0.6) is 5.75 Å². The van der Waals surface area contributed by atoms with Crippen molar-refractivity contribution in [2.24, 2.45) is 10.8 Å². The van der Waals surface area contributed by atoms with E-state index in [1.54, 1.807) is 13.3 Å². The normalized spacial score (nSPS) is 10.9. The Balaban J connectivity index is 2.56. The average Bonchev–Trinajstić information content (AvgIpc) is 2.34. The quantitative estimate of drug-likeness (QED) is 0.475. The standard InChI is InChI=1S/C13H20N4O/c1-10(2)11-6-4-5-7-12(11)18-9-8-16-17(3)13(14)15/h4-8,10H,9H2,1-3H3,(H3,14,15)/b16-8+. The molecule has 0 radical (unpaired) electrons. The van der Waals surface area contributed by atoms with Crippen LogP contribution in [0.2, 0.25) is 0 Å². The molecule has 18 heavy (non-hydrogen) atoms. The highest BCUT2D eigenvalue weighted by molar-refractivity contribution is 5.75. The number of guanidine groups is 1. The lowest BCUT2D eigenvalue weighted by Crippen LogP contribution is -2.28. The molecule has 3 N–H and O–H groups in total. The first-order valence-electron chi connectivity index (χ1n) is 5.84. The Bertz CT molecular complexity index is 429. The summed E-state index contributed by atoms with van der Waals surface area (Å²) >= 11 is 0. The zero-order valence-corrected chi connectivity index (χ0v) is 11.1. The highest BCUT2D eigenvalue weighted by atomic mass is 16.5. The number of hydrogen-bond donors (Lipinski definition) is 2. The smallest absolute Gasteiger partial charge is 0.208 e. The number of rotatable bonds is 5. The highest BCUT2D eigenvalue weighted by Gasteiger charge is 2.05. The van der Waals surface area contributed by atoms with Crippen molar-refractivity contribution in [3.8, 4) is 5.75 Å². The summed E-state index contributed by atoms with van der Waals surface area (Å²) in [4.78, 5) is 0. The van der Waals surface area contributed by atoms with Crippen molar-refractivity contribution in [1.82, 2.24) is 5.01 Å². The van der Waals surface area contributed by atoms with E-state index in [9.17, 15) is 0 Å². The first-order chi connectivity index (χ1) is 8.52. The van der Waals surface area contributed by atoms with Crippen LogP contribution < -0.4 is 10.5 Å². The number of ether oxygens (including phenoxy) is 1. The molecule has 0 aliphatic rings. The van der Waals surface area contributed by atoms with Crippen LogP contribution in [0.3, 0.4) is 0 Å². The highest BCUT2D eigenvalue weighted by Crippen LogP contribution is 2.25. The molecular weight excluding hydrogens is 228 g/mol. The van der Waals surface area contributed by atoms with Gasteiger partial charge in [0.05, 0.1) is 6.21 Å². The third-order valence-corrected chi connectivity index (χ3v) is 2.46. The van der Waals surface area contributed by atoms with Gasteiger partial charge < -0.3 is 10.5 Å². The predicted octanol–water partition coefficient (Wildman–Crippen LogP) is 2.00. The maximum absolute atomic E-state index is 7.14. The molecule has 0 spiro atoms. The maximum Gasteiger partial charge on any atom is 0.208 e. The minimum atomic E-state index is -0.103. The van der Waals surface area contributed by atoms with Gasteiger partial charge in [-0.3, -0.25) is 5.41 Å². The molecule has 0 saturated heterocycles. The lowest BCUT2D eigenvalue weighted by Gasteiger charge is -2.13. The van der Waals surface area contributed by atoms with E-state index in [-0.39, 0.29) is 5.96 Å².